The number of rotatable bonds is 4. The van der Waals surface area contributed by atoms with Gasteiger partial charge in [0.2, 0.25) is 0 Å². The third-order valence-electron chi connectivity index (χ3n) is 2.02. The van der Waals surface area contributed by atoms with Crippen LogP contribution in [0.2, 0.25) is 0 Å². The summed E-state index contributed by atoms with van der Waals surface area (Å²) in [6.45, 7) is 3.59. The summed E-state index contributed by atoms with van der Waals surface area (Å²) in [4.78, 5) is 0. The largest absolute Gasteiger partial charge is 0.329 e. The molecular weight excluding hydrogens is 183 g/mol. The normalized spacial score (nSPS) is 30.0. The lowest BCUT2D eigenvalue weighted by Gasteiger charge is -2.10. The van der Waals surface area contributed by atoms with Crippen molar-refractivity contribution in [2.45, 2.75) is 23.7 Å². The van der Waals surface area contributed by atoms with Crippen LogP contribution >= 0.6 is 23.2 Å². The summed E-state index contributed by atoms with van der Waals surface area (Å²) in [5.74, 6) is 0.417. The Bertz CT molecular complexity index is 138. The SMILES string of the molecule is C[C@H](CN)NCC1CC1(Cl)Cl. The molecule has 0 aromatic heterocycles. The zero-order valence-electron chi connectivity index (χ0n) is 6.61. The molecular formula is C7H14Cl2N2. The molecule has 1 saturated carbocycles. The second-order valence-electron chi connectivity index (χ2n) is 3.21. The van der Waals surface area contributed by atoms with Crippen LogP contribution in [0.15, 0.2) is 0 Å². The minimum Gasteiger partial charge on any atom is -0.329 e. The molecule has 0 amide bonds. The smallest absolute Gasteiger partial charge is 0.122 e. The molecule has 66 valence electrons. The number of halogens is 2. The van der Waals surface area contributed by atoms with E-state index in [9.17, 15) is 0 Å². The van der Waals surface area contributed by atoms with Gasteiger partial charge in [-0.3, -0.25) is 0 Å². The van der Waals surface area contributed by atoms with Crippen LogP contribution in [0.1, 0.15) is 13.3 Å². The summed E-state index contributed by atoms with van der Waals surface area (Å²) in [6, 6.07) is 0.361. The first-order chi connectivity index (χ1) is 5.06. The molecule has 0 aromatic carbocycles. The summed E-state index contributed by atoms with van der Waals surface area (Å²) in [5, 5.41) is 3.26. The van der Waals surface area contributed by atoms with Crippen molar-refractivity contribution in [2.75, 3.05) is 13.1 Å². The second kappa shape index (κ2) is 3.48. The van der Waals surface area contributed by atoms with E-state index >= 15 is 0 Å². The third-order valence-corrected chi connectivity index (χ3v) is 2.95. The van der Waals surface area contributed by atoms with Gasteiger partial charge in [0.25, 0.3) is 0 Å². The van der Waals surface area contributed by atoms with Gasteiger partial charge in [0.1, 0.15) is 4.33 Å². The Balaban J connectivity index is 2.06. The predicted molar refractivity (Wildman–Crippen MR) is 49.1 cm³/mol. The van der Waals surface area contributed by atoms with Gasteiger partial charge in [-0.1, -0.05) is 0 Å². The summed E-state index contributed by atoms with van der Waals surface area (Å²) in [6.07, 6.45) is 0.903. The maximum atomic E-state index is 5.83. The molecule has 0 spiro atoms. The van der Waals surface area contributed by atoms with Gasteiger partial charge >= 0.3 is 0 Å². The first kappa shape index (κ1) is 9.59. The minimum atomic E-state index is -0.457. The fourth-order valence-corrected chi connectivity index (χ4v) is 1.44. The molecule has 11 heavy (non-hydrogen) atoms. The lowest BCUT2D eigenvalue weighted by molar-refractivity contribution is 0.533. The van der Waals surface area contributed by atoms with E-state index in [2.05, 4.69) is 5.32 Å². The zero-order chi connectivity index (χ0) is 8.48. The minimum absolute atomic E-state index is 0.361. The molecule has 2 nitrogen and oxygen atoms in total. The van der Waals surface area contributed by atoms with E-state index in [1.165, 1.54) is 0 Å². The summed E-state index contributed by atoms with van der Waals surface area (Å²) in [7, 11) is 0. The maximum Gasteiger partial charge on any atom is 0.122 e. The van der Waals surface area contributed by atoms with Crippen LogP contribution in [0, 0.1) is 5.92 Å². The molecule has 1 aliphatic carbocycles. The van der Waals surface area contributed by atoms with Crippen LogP contribution in [0.4, 0.5) is 0 Å². The van der Waals surface area contributed by atoms with Crippen molar-refractivity contribution in [1.82, 2.24) is 5.32 Å². The van der Waals surface area contributed by atoms with Gasteiger partial charge in [-0.05, 0) is 13.3 Å². The summed E-state index contributed by atoms with van der Waals surface area (Å²) < 4.78 is -0.457. The first-order valence-corrected chi connectivity index (χ1v) is 4.63. The number of alkyl halides is 2. The van der Waals surface area contributed by atoms with Gasteiger partial charge in [-0.15, -0.1) is 23.2 Å². The molecule has 0 saturated heterocycles. The van der Waals surface area contributed by atoms with Crippen LogP contribution in [-0.4, -0.2) is 23.5 Å². The van der Waals surface area contributed by atoms with Crippen molar-refractivity contribution in [3.8, 4) is 0 Å². The third kappa shape index (κ3) is 2.79. The molecule has 0 heterocycles. The maximum absolute atomic E-state index is 5.83. The van der Waals surface area contributed by atoms with Crippen LogP contribution in [0.3, 0.4) is 0 Å². The lowest BCUT2D eigenvalue weighted by atomic mass is 10.3. The highest BCUT2D eigenvalue weighted by molar-refractivity contribution is 6.50. The average Bonchev–Trinajstić information content (AvgIpc) is 2.54. The first-order valence-electron chi connectivity index (χ1n) is 3.87. The zero-order valence-corrected chi connectivity index (χ0v) is 8.12. The molecule has 3 N–H and O–H groups in total. The van der Waals surface area contributed by atoms with E-state index in [1.54, 1.807) is 0 Å². The fourth-order valence-electron chi connectivity index (χ4n) is 0.918. The highest BCUT2D eigenvalue weighted by Gasteiger charge is 2.51. The molecule has 1 aliphatic rings. The molecule has 0 bridgehead atoms. The molecule has 0 radical (unpaired) electrons. The molecule has 0 aromatic rings. The van der Waals surface area contributed by atoms with E-state index < -0.39 is 4.33 Å². The Morgan fingerprint density at radius 3 is 2.64 bits per heavy atom. The standard InChI is InChI=1S/C7H14Cl2N2/c1-5(3-10)11-4-6-2-7(6,8)9/h5-6,11H,2-4,10H2,1H3/t5-,6?/m1/s1. The molecule has 1 rings (SSSR count). The Labute approximate surface area is 77.4 Å². The van der Waals surface area contributed by atoms with Gasteiger partial charge in [-0.2, -0.15) is 0 Å². The highest BCUT2D eigenvalue weighted by Crippen LogP contribution is 2.52. The topological polar surface area (TPSA) is 38.0 Å². The molecule has 1 unspecified atom stereocenters. The number of nitrogens with one attached hydrogen (secondary N) is 1. The quantitative estimate of drug-likeness (QED) is 0.662. The van der Waals surface area contributed by atoms with E-state index in [1.807, 2.05) is 6.92 Å². The van der Waals surface area contributed by atoms with Gasteiger partial charge in [0.15, 0.2) is 0 Å². The fraction of sp³-hybridized carbons (Fsp3) is 1.00. The Hall–Kier alpha value is 0.500. The van der Waals surface area contributed by atoms with Crippen molar-refractivity contribution in [3.63, 3.8) is 0 Å². The van der Waals surface area contributed by atoms with E-state index in [4.69, 9.17) is 28.9 Å². The molecule has 0 aliphatic heterocycles. The number of hydrogen-bond donors (Lipinski definition) is 2. The number of hydrogen-bond acceptors (Lipinski definition) is 2. The van der Waals surface area contributed by atoms with Crippen LogP contribution < -0.4 is 11.1 Å². The van der Waals surface area contributed by atoms with Crippen LogP contribution in [0.5, 0.6) is 0 Å². The summed E-state index contributed by atoms with van der Waals surface area (Å²) in [5.41, 5.74) is 5.42. The Morgan fingerprint density at radius 1 is 1.73 bits per heavy atom. The average molecular weight is 197 g/mol. The molecule has 2 atom stereocenters. The predicted octanol–water partition coefficient (Wildman–Crippen LogP) is 1.12. The lowest BCUT2D eigenvalue weighted by Crippen LogP contribution is -2.35. The van der Waals surface area contributed by atoms with E-state index in [0.29, 0.717) is 18.5 Å². The van der Waals surface area contributed by atoms with E-state index in [-0.39, 0.29) is 0 Å². The monoisotopic (exact) mass is 196 g/mol. The van der Waals surface area contributed by atoms with Crippen molar-refractivity contribution in [2.24, 2.45) is 11.7 Å². The van der Waals surface area contributed by atoms with Crippen molar-refractivity contribution in [3.05, 3.63) is 0 Å². The van der Waals surface area contributed by atoms with Crippen molar-refractivity contribution in [1.29, 1.82) is 0 Å². The Morgan fingerprint density at radius 2 is 2.27 bits per heavy atom. The van der Waals surface area contributed by atoms with Gasteiger partial charge in [0.05, 0.1) is 0 Å². The van der Waals surface area contributed by atoms with Crippen LogP contribution in [0.25, 0.3) is 0 Å². The second-order valence-corrected chi connectivity index (χ2v) is 4.75. The highest BCUT2D eigenvalue weighted by atomic mass is 35.5. The Kier molecular flexibility index (Phi) is 3.03. The van der Waals surface area contributed by atoms with Crippen molar-refractivity contribution < 1.29 is 0 Å². The van der Waals surface area contributed by atoms with Gasteiger partial charge in [0, 0.05) is 25.0 Å². The van der Waals surface area contributed by atoms with E-state index in [0.717, 1.165) is 13.0 Å². The summed E-state index contributed by atoms with van der Waals surface area (Å²) >= 11 is 11.7. The molecule has 1 fully saturated rings. The van der Waals surface area contributed by atoms with Crippen LogP contribution in [-0.2, 0) is 0 Å². The van der Waals surface area contributed by atoms with Crippen molar-refractivity contribution >= 4 is 23.2 Å². The number of nitrogens with two attached hydrogens (primary N) is 1. The van der Waals surface area contributed by atoms with Gasteiger partial charge < -0.3 is 11.1 Å². The van der Waals surface area contributed by atoms with Gasteiger partial charge in [-0.25, -0.2) is 0 Å². The molecule has 4 heteroatoms.